The Bertz CT molecular complexity index is 2940. The second kappa shape index (κ2) is 23.1. The summed E-state index contributed by atoms with van der Waals surface area (Å²) in [5.74, 6) is -0.875. The van der Waals surface area contributed by atoms with Crippen LogP contribution in [0.3, 0.4) is 0 Å². The number of phenols is 1. The van der Waals surface area contributed by atoms with E-state index in [0.717, 1.165) is 86.2 Å². The number of halogens is 2. The number of nitrogens with zero attached hydrogens (tertiary/aromatic N) is 10. The molecule has 0 aliphatic carbocycles. The van der Waals surface area contributed by atoms with Crippen LogP contribution in [0, 0.1) is 12.8 Å². The van der Waals surface area contributed by atoms with Crippen LogP contribution < -0.4 is 30.3 Å². The number of anilines is 3. The zero-order valence-corrected chi connectivity index (χ0v) is 43.6. The van der Waals surface area contributed by atoms with Gasteiger partial charge in [0.2, 0.25) is 17.7 Å². The van der Waals surface area contributed by atoms with E-state index in [2.05, 4.69) is 50.2 Å². The number of carbonyl (C=O) groups excluding carboxylic acids is 2. The summed E-state index contributed by atoms with van der Waals surface area (Å²) in [4.78, 5) is 48.4. The van der Waals surface area contributed by atoms with Gasteiger partial charge in [0.25, 0.3) is 12.3 Å². The quantitative estimate of drug-likeness (QED) is 0.0730. The Morgan fingerprint density at radius 3 is 2.25 bits per heavy atom. The number of hydrogen-bond donors (Lipinski definition) is 4. The summed E-state index contributed by atoms with van der Waals surface area (Å²) in [7, 11) is 0. The zero-order chi connectivity index (χ0) is 53.0. The maximum Gasteiger partial charge on any atom is 0.262 e. The number of nitrogen functional groups attached to an aromatic ring is 1. The van der Waals surface area contributed by atoms with E-state index < -0.39 is 42.3 Å². The number of phenolic OH excluding ortho intramolecular Hbond substituents is 1. The SMILES string of the molecule is Cc1ncsc1-c1ccc([C@@H](NC(=O)[C@@H]2C[C@@H](O)CN2C(=O)[C@H](c2cc(OCCN3CCN(CCOc4cc(N5C6CCC5CN(c5cc(-c7ccccc7O)nnc5N)C6)ccn4)CC3)no2)C(C)C)C(F)F)cc1. The van der Waals surface area contributed by atoms with Gasteiger partial charge in [-0.05, 0) is 66.2 Å². The summed E-state index contributed by atoms with van der Waals surface area (Å²) in [6.45, 7) is 12.6. The number of thiazole rings is 1. The summed E-state index contributed by atoms with van der Waals surface area (Å²) in [5, 5.41) is 36.2. The number of alkyl halides is 2. The maximum atomic E-state index is 14.5. The lowest BCUT2D eigenvalue weighted by molar-refractivity contribution is -0.141. The lowest BCUT2D eigenvalue weighted by Gasteiger charge is -2.43. The fraction of sp³-hybridized carbons (Fsp3) is 0.463. The second-order valence-corrected chi connectivity index (χ2v) is 21.2. The number of ether oxygens (including phenoxy) is 2. The van der Waals surface area contributed by atoms with Gasteiger partial charge in [0.15, 0.2) is 11.6 Å². The number of amides is 2. The molecule has 0 radical (unpaired) electrons. The highest BCUT2D eigenvalue weighted by Crippen LogP contribution is 2.40. The monoisotopic (exact) mass is 1060 g/mol. The highest BCUT2D eigenvalue weighted by molar-refractivity contribution is 7.13. The van der Waals surface area contributed by atoms with Crippen LogP contribution in [0.25, 0.3) is 21.7 Å². The van der Waals surface area contributed by atoms with Crippen LogP contribution in [-0.2, 0) is 9.59 Å². The van der Waals surface area contributed by atoms with Gasteiger partial charge in [0.05, 0.1) is 33.6 Å². The predicted molar refractivity (Wildman–Crippen MR) is 283 cm³/mol. The molecule has 2 aromatic carbocycles. The number of rotatable bonds is 19. The topological polar surface area (TPSA) is 225 Å². The number of carbonyl (C=O) groups is 2. The van der Waals surface area contributed by atoms with Gasteiger partial charge < -0.3 is 50.0 Å². The molecule has 76 heavy (non-hydrogen) atoms. The Hall–Kier alpha value is -7.01. The Balaban J connectivity index is 0.664. The molecule has 4 saturated heterocycles. The van der Waals surface area contributed by atoms with E-state index in [0.29, 0.717) is 42.7 Å². The molecule has 19 nitrogen and oxygen atoms in total. The van der Waals surface area contributed by atoms with Gasteiger partial charge in [-0.1, -0.05) is 50.2 Å². The number of para-hydroxylation sites is 1. The number of aromatic hydroxyl groups is 1. The minimum absolute atomic E-state index is 0.0993. The Morgan fingerprint density at radius 1 is 0.895 bits per heavy atom. The minimum atomic E-state index is -2.93. The van der Waals surface area contributed by atoms with Crippen molar-refractivity contribution in [1.82, 2.24) is 45.3 Å². The van der Waals surface area contributed by atoms with E-state index in [9.17, 15) is 28.6 Å². The van der Waals surface area contributed by atoms with Crippen LogP contribution >= 0.6 is 11.3 Å². The first kappa shape index (κ1) is 52.4. The van der Waals surface area contributed by atoms with Gasteiger partial charge in [-0.3, -0.25) is 19.4 Å². The number of β-amino-alcohol motifs (C(OH)–C–C–N with tert-alkyl or cyclic N) is 1. The smallest absolute Gasteiger partial charge is 0.262 e. The van der Waals surface area contributed by atoms with Crippen molar-refractivity contribution in [2.75, 3.05) is 87.7 Å². The number of pyridine rings is 1. The van der Waals surface area contributed by atoms with Gasteiger partial charge in [0.1, 0.15) is 37.0 Å². The third-order valence-electron chi connectivity index (χ3n) is 15.0. The van der Waals surface area contributed by atoms with Crippen molar-refractivity contribution in [1.29, 1.82) is 0 Å². The number of nitrogens with two attached hydrogens (primary N) is 1. The van der Waals surface area contributed by atoms with E-state index in [-0.39, 0.29) is 53.9 Å². The number of piperazine rings is 2. The summed E-state index contributed by atoms with van der Waals surface area (Å²) < 4.78 is 46.9. The molecule has 8 heterocycles. The Kier molecular flexibility index (Phi) is 15.9. The molecular weight excluding hydrogens is 999 g/mol. The van der Waals surface area contributed by atoms with Crippen LogP contribution in [0.5, 0.6) is 17.5 Å². The van der Waals surface area contributed by atoms with Crippen molar-refractivity contribution in [2.45, 2.75) is 82.6 Å². The molecule has 6 aromatic rings. The first-order valence-electron chi connectivity index (χ1n) is 25.9. The van der Waals surface area contributed by atoms with E-state index in [4.69, 9.17) is 19.7 Å². The average Bonchev–Trinajstić information content (AvgIpc) is 4.22. The van der Waals surface area contributed by atoms with Gasteiger partial charge in [-0.15, -0.1) is 21.5 Å². The fourth-order valence-corrected chi connectivity index (χ4v) is 11.9. The largest absolute Gasteiger partial charge is 0.507 e. The van der Waals surface area contributed by atoms with Crippen LogP contribution in [0.4, 0.5) is 26.0 Å². The van der Waals surface area contributed by atoms with Crippen LogP contribution in [0.2, 0.25) is 0 Å². The van der Waals surface area contributed by atoms with Gasteiger partial charge in [-0.2, -0.15) is 0 Å². The number of likely N-dealkylation sites (tertiary alicyclic amines) is 1. The number of fused-ring (bicyclic) bond motifs is 2. The molecule has 6 atom stereocenters. The Labute approximate surface area is 443 Å². The van der Waals surface area contributed by atoms with Crippen LogP contribution in [0.15, 0.2) is 89.0 Å². The number of hydrogen-bond acceptors (Lipinski definition) is 18. The summed E-state index contributed by atoms with van der Waals surface area (Å²) in [5.41, 5.74) is 13.1. The summed E-state index contributed by atoms with van der Waals surface area (Å²) >= 11 is 1.45. The predicted octanol–water partition coefficient (Wildman–Crippen LogP) is 6.00. The summed E-state index contributed by atoms with van der Waals surface area (Å²) in [6.07, 6.45) is -0.145. The molecule has 0 spiro atoms. The minimum Gasteiger partial charge on any atom is -0.507 e. The standard InChI is InChI=1S/C54H64F2N12O7S/c1-32(2)48(54(72)67-30-39(69)25-43(67)53(71)60-49(51(55)56)34-8-10-35(11-9-34)50-33(3)59-31-76-50)45-27-47(63-75-45)74-23-21-65-18-16-64(17-19-65)20-22-73-46-24-36(14-15-58-46)68-37-12-13-38(68)29-66(28-37)42-26-41(61-62-52(42)57)40-6-4-5-7-44(40)70/h4-11,14-15,24,26-27,31-32,37-39,43,48-49,51,69-70H,12-13,16-23,25,28-30H2,1-3H3,(H2,57,62)(H,60,71)/t37?,38?,39-,43+,48+,49-/m1/s1. The molecule has 4 aliphatic heterocycles. The molecule has 4 aliphatic rings. The highest BCUT2D eigenvalue weighted by Gasteiger charge is 2.45. The van der Waals surface area contributed by atoms with Crippen molar-refractivity contribution < 1.29 is 42.6 Å². The molecule has 10 rings (SSSR count). The molecule has 5 N–H and O–H groups in total. The molecule has 402 valence electrons. The van der Waals surface area contributed by atoms with Crippen molar-refractivity contribution in [3.05, 3.63) is 102 Å². The molecule has 2 amide bonds. The van der Waals surface area contributed by atoms with Crippen LogP contribution in [0.1, 0.15) is 62.1 Å². The molecule has 2 unspecified atom stereocenters. The lowest BCUT2D eigenvalue weighted by atomic mass is 9.91. The van der Waals surface area contributed by atoms with E-state index in [1.807, 2.05) is 57.3 Å². The summed E-state index contributed by atoms with van der Waals surface area (Å²) in [6, 6.07) is 19.0. The second-order valence-electron chi connectivity index (χ2n) is 20.3. The molecule has 2 bridgehead atoms. The fourth-order valence-electron chi connectivity index (χ4n) is 11.1. The molecule has 4 fully saturated rings. The first-order chi connectivity index (χ1) is 36.8. The molecule has 0 saturated carbocycles. The number of benzene rings is 2. The number of aliphatic hydroxyl groups excluding tert-OH is 1. The van der Waals surface area contributed by atoms with Crippen molar-refractivity contribution in [3.8, 4) is 39.2 Å². The highest BCUT2D eigenvalue weighted by atomic mass is 32.1. The van der Waals surface area contributed by atoms with E-state index in [1.165, 1.54) is 16.2 Å². The van der Waals surface area contributed by atoms with Crippen molar-refractivity contribution >= 4 is 40.3 Å². The van der Waals surface area contributed by atoms with Gasteiger partial charge in [-0.25, -0.2) is 18.7 Å². The number of aromatic nitrogens is 5. The third-order valence-corrected chi connectivity index (χ3v) is 16.0. The zero-order valence-electron chi connectivity index (χ0n) is 42.8. The average molecular weight is 1060 g/mol. The number of aliphatic hydroxyl groups is 1. The normalized spacial score (nSPS) is 20.9. The third kappa shape index (κ3) is 11.5. The van der Waals surface area contributed by atoms with E-state index >= 15 is 0 Å². The maximum absolute atomic E-state index is 14.5. The Morgan fingerprint density at radius 2 is 1.59 bits per heavy atom. The van der Waals surface area contributed by atoms with Crippen molar-refractivity contribution in [2.24, 2.45) is 5.92 Å². The van der Waals surface area contributed by atoms with Crippen LogP contribution in [-0.4, -0.2) is 165 Å². The molecule has 4 aromatic heterocycles. The number of aryl methyl sites for hydroxylation is 1. The first-order valence-corrected chi connectivity index (χ1v) is 26.8. The molecule has 22 heteroatoms. The number of nitrogens with one attached hydrogen (secondary N) is 1. The van der Waals surface area contributed by atoms with E-state index in [1.54, 1.807) is 48.0 Å². The van der Waals surface area contributed by atoms with Gasteiger partial charge >= 0.3 is 0 Å². The lowest BCUT2D eigenvalue weighted by Crippen LogP contribution is -2.54. The van der Waals surface area contributed by atoms with Crippen molar-refractivity contribution in [3.63, 3.8) is 0 Å². The molecular formula is C54H64F2N12O7S. The van der Waals surface area contributed by atoms with Gasteiger partial charge in [0, 0.05) is 107 Å².